The van der Waals surface area contributed by atoms with Crippen LogP contribution in [0.1, 0.15) is 53.9 Å². The molecular weight excluding hydrogens is 212 g/mol. The van der Waals surface area contributed by atoms with Gasteiger partial charge in [0.25, 0.3) is 0 Å². The molecule has 17 heavy (non-hydrogen) atoms. The molecule has 1 heterocycles. The van der Waals surface area contributed by atoms with Gasteiger partial charge in [0.15, 0.2) is 0 Å². The first-order valence-corrected chi connectivity index (χ1v) is 6.94. The maximum Gasteiger partial charge on any atom is 0.139 e. The van der Waals surface area contributed by atoms with E-state index in [9.17, 15) is 4.79 Å². The van der Waals surface area contributed by atoms with Gasteiger partial charge in [0.2, 0.25) is 0 Å². The van der Waals surface area contributed by atoms with Crippen molar-refractivity contribution in [1.82, 2.24) is 0 Å². The Bertz CT molecular complexity index is 382. The minimum atomic E-state index is -0.135. The molecule has 0 radical (unpaired) electrons. The monoisotopic (exact) mass is 236 g/mol. The number of hydrogen-bond acceptors (Lipinski definition) is 2. The molecule has 2 aliphatic carbocycles. The number of carbonyl (C=O) groups excluding carboxylic acids is 1. The molecule has 2 nitrogen and oxygen atoms in total. The van der Waals surface area contributed by atoms with Crippen LogP contribution in [-0.4, -0.2) is 17.5 Å². The van der Waals surface area contributed by atoms with E-state index in [1.807, 2.05) is 0 Å². The average Bonchev–Trinajstić information content (AvgIpc) is 2.89. The molecule has 2 heteroatoms. The Morgan fingerprint density at radius 3 is 2.53 bits per heavy atom. The molecular formula is C15H24O2. The van der Waals surface area contributed by atoms with E-state index in [1.165, 1.54) is 0 Å². The lowest BCUT2D eigenvalue weighted by molar-refractivity contribution is -0.145. The van der Waals surface area contributed by atoms with E-state index in [0.717, 1.165) is 19.3 Å². The summed E-state index contributed by atoms with van der Waals surface area (Å²) in [7, 11) is 0. The topological polar surface area (TPSA) is 29.6 Å². The summed E-state index contributed by atoms with van der Waals surface area (Å²) in [6, 6.07) is 0. The van der Waals surface area contributed by atoms with Crippen molar-refractivity contribution in [2.75, 3.05) is 0 Å². The van der Waals surface area contributed by atoms with Crippen LogP contribution in [0.2, 0.25) is 0 Å². The molecule has 2 saturated carbocycles. The Morgan fingerprint density at radius 2 is 1.88 bits per heavy atom. The predicted octanol–water partition coefficient (Wildman–Crippen LogP) is 3.20. The van der Waals surface area contributed by atoms with Gasteiger partial charge in [-0.15, -0.1) is 0 Å². The molecule has 0 amide bonds. The predicted molar refractivity (Wildman–Crippen MR) is 66.7 cm³/mol. The van der Waals surface area contributed by atoms with Gasteiger partial charge in [-0.25, -0.2) is 0 Å². The first-order chi connectivity index (χ1) is 7.73. The third-order valence-corrected chi connectivity index (χ3v) is 6.01. The minimum Gasteiger partial charge on any atom is -0.365 e. The number of Topliss-reactive ketones (excluding diaryl/α,β-unsaturated/α-hetero) is 1. The average molecular weight is 236 g/mol. The van der Waals surface area contributed by atoms with E-state index in [4.69, 9.17) is 4.74 Å². The smallest absolute Gasteiger partial charge is 0.139 e. The number of carbonyl (C=O) groups is 1. The molecule has 1 spiro atoms. The SMILES string of the molecule is CC1CC(C)(C)C2C(=O)CCC3OC32C1(C)C. The second-order valence-electron chi connectivity index (χ2n) is 7.65. The zero-order valence-corrected chi connectivity index (χ0v) is 11.7. The summed E-state index contributed by atoms with van der Waals surface area (Å²) in [6.07, 6.45) is 3.16. The Balaban J connectivity index is 2.11. The van der Waals surface area contributed by atoms with Crippen LogP contribution < -0.4 is 0 Å². The molecule has 3 rings (SSSR count). The van der Waals surface area contributed by atoms with Crippen LogP contribution in [0, 0.1) is 22.7 Å². The summed E-state index contributed by atoms with van der Waals surface area (Å²) in [6.45, 7) is 11.4. The zero-order chi connectivity index (χ0) is 12.6. The maximum atomic E-state index is 12.4. The normalized spacial score (nSPS) is 50.4. The second-order valence-corrected chi connectivity index (χ2v) is 7.65. The van der Waals surface area contributed by atoms with Crippen LogP contribution in [0.3, 0.4) is 0 Å². The van der Waals surface area contributed by atoms with Crippen LogP contribution >= 0.6 is 0 Å². The number of epoxide rings is 1. The van der Waals surface area contributed by atoms with Crippen LogP contribution in [0.15, 0.2) is 0 Å². The van der Waals surface area contributed by atoms with Crippen molar-refractivity contribution in [2.24, 2.45) is 22.7 Å². The Labute approximate surface area is 104 Å². The molecule has 1 aliphatic heterocycles. The van der Waals surface area contributed by atoms with Gasteiger partial charge in [0, 0.05) is 6.42 Å². The van der Waals surface area contributed by atoms with Crippen LogP contribution in [-0.2, 0) is 9.53 Å². The van der Waals surface area contributed by atoms with Crippen molar-refractivity contribution >= 4 is 5.78 Å². The highest BCUT2D eigenvalue weighted by atomic mass is 16.6. The Morgan fingerprint density at radius 1 is 1.24 bits per heavy atom. The third kappa shape index (κ3) is 1.18. The molecule has 0 aromatic heterocycles. The molecule has 3 fully saturated rings. The molecule has 4 atom stereocenters. The van der Waals surface area contributed by atoms with E-state index in [0.29, 0.717) is 17.8 Å². The molecule has 0 N–H and O–H groups in total. The quantitative estimate of drug-likeness (QED) is 0.604. The molecule has 0 aromatic carbocycles. The van der Waals surface area contributed by atoms with Crippen molar-refractivity contribution in [2.45, 2.75) is 65.6 Å². The second kappa shape index (κ2) is 2.96. The van der Waals surface area contributed by atoms with Crippen molar-refractivity contribution in [3.8, 4) is 0 Å². The molecule has 0 aromatic rings. The summed E-state index contributed by atoms with van der Waals surface area (Å²) in [5.74, 6) is 1.19. The Hall–Kier alpha value is -0.370. The van der Waals surface area contributed by atoms with Crippen LogP contribution in [0.4, 0.5) is 0 Å². The highest BCUT2D eigenvalue weighted by Gasteiger charge is 2.77. The molecule has 3 aliphatic rings. The van der Waals surface area contributed by atoms with Crippen LogP contribution in [0.5, 0.6) is 0 Å². The van der Waals surface area contributed by atoms with Gasteiger partial charge in [-0.2, -0.15) is 0 Å². The first-order valence-electron chi connectivity index (χ1n) is 6.94. The highest BCUT2D eigenvalue weighted by molar-refractivity contribution is 5.85. The fourth-order valence-electron chi connectivity index (χ4n) is 4.89. The van der Waals surface area contributed by atoms with Gasteiger partial charge in [-0.05, 0) is 29.6 Å². The molecule has 4 unspecified atom stereocenters. The molecule has 96 valence electrons. The molecule has 1 saturated heterocycles. The van der Waals surface area contributed by atoms with E-state index in [2.05, 4.69) is 34.6 Å². The Kier molecular flexibility index (Phi) is 2.04. The largest absolute Gasteiger partial charge is 0.365 e. The van der Waals surface area contributed by atoms with Crippen molar-refractivity contribution in [3.05, 3.63) is 0 Å². The van der Waals surface area contributed by atoms with Gasteiger partial charge >= 0.3 is 0 Å². The van der Waals surface area contributed by atoms with Crippen molar-refractivity contribution in [1.29, 1.82) is 0 Å². The minimum absolute atomic E-state index is 0.0984. The van der Waals surface area contributed by atoms with E-state index >= 15 is 0 Å². The van der Waals surface area contributed by atoms with Crippen molar-refractivity contribution in [3.63, 3.8) is 0 Å². The fraction of sp³-hybridized carbons (Fsp3) is 0.933. The van der Waals surface area contributed by atoms with Gasteiger partial charge < -0.3 is 4.74 Å². The van der Waals surface area contributed by atoms with E-state index < -0.39 is 0 Å². The zero-order valence-electron chi connectivity index (χ0n) is 11.7. The number of ketones is 1. The maximum absolute atomic E-state index is 12.4. The lowest BCUT2D eigenvalue weighted by Crippen LogP contribution is -2.60. The van der Waals surface area contributed by atoms with E-state index in [-0.39, 0.29) is 22.3 Å². The van der Waals surface area contributed by atoms with Gasteiger partial charge in [-0.3, -0.25) is 4.79 Å². The lowest BCUT2D eigenvalue weighted by atomic mass is 9.47. The molecule has 0 bridgehead atoms. The van der Waals surface area contributed by atoms with Gasteiger partial charge in [0.05, 0.1) is 12.0 Å². The summed E-state index contributed by atoms with van der Waals surface area (Å²) >= 11 is 0. The standard InChI is InChI=1S/C15H24O2/c1-9-8-13(2,3)12-10(16)6-7-11-15(12,17-11)14(9,4)5/h9,11-12H,6-8H2,1-5H3. The van der Waals surface area contributed by atoms with Crippen molar-refractivity contribution < 1.29 is 9.53 Å². The van der Waals surface area contributed by atoms with Gasteiger partial charge in [-0.1, -0.05) is 34.6 Å². The van der Waals surface area contributed by atoms with Crippen LogP contribution in [0.25, 0.3) is 0 Å². The third-order valence-electron chi connectivity index (χ3n) is 6.01. The summed E-state index contributed by atoms with van der Waals surface area (Å²) in [4.78, 5) is 12.4. The van der Waals surface area contributed by atoms with Gasteiger partial charge in [0.1, 0.15) is 11.4 Å². The summed E-state index contributed by atoms with van der Waals surface area (Å²) in [5, 5.41) is 0. The highest BCUT2D eigenvalue weighted by Crippen LogP contribution is 2.70. The number of hydrogen-bond donors (Lipinski definition) is 0. The fourth-order valence-corrected chi connectivity index (χ4v) is 4.89. The summed E-state index contributed by atoms with van der Waals surface area (Å²) in [5.41, 5.74) is 0.0959. The number of rotatable bonds is 0. The lowest BCUT2D eigenvalue weighted by Gasteiger charge is -2.55. The summed E-state index contributed by atoms with van der Waals surface area (Å²) < 4.78 is 6.14. The number of ether oxygens (including phenoxy) is 1. The first kappa shape index (κ1) is 11.7. The van der Waals surface area contributed by atoms with E-state index in [1.54, 1.807) is 0 Å².